The highest BCUT2D eigenvalue weighted by molar-refractivity contribution is 7.89. The first-order valence-corrected chi connectivity index (χ1v) is 10.9. The number of carbonyl (C=O) groups is 1. The molecule has 1 amide bonds. The van der Waals surface area contributed by atoms with Gasteiger partial charge in [0.15, 0.2) is 11.5 Å². The van der Waals surface area contributed by atoms with E-state index in [0.29, 0.717) is 50.6 Å². The van der Waals surface area contributed by atoms with Crippen molar-refractivity contribution in [1.29, 1.82) is 0 Å². The molecule has 1 saturated heterocycles. The fourth-order valence-electron chi connectivity index (χ4n) is 3.23. The van der Waals surface area contributed by atoms with Crippen molar-refractivity contribution in [1.82, 2.24) is 9.62 Å². The molecule has 1 fully saturated rings. The van der Waals surface area contributed by atoms with Gasteiger partial charge in [-0.15, -0.1) is 0 Å². The lowest BCUT2D eigenvalue weighted by Crippen LogP contribution is -2.31. The Kier molecular flexibility index (Phi) is 6.56. The molecular formula is C18H27N3O5S. The molecule has 2 aliphatic rings. The topological polar surface area (TPSA) is 111 Å². The number of unbranched alkanes of at least 4 members (excludes halogenated alkanes) is 2. The van der Waals surface area contributed by atoms with E-state index in [0.717, 1.165) is 25.8 Å². The Hall–Kier alpha value is -1.84. The molecule has 9 heteroatoms. The van der Waals surface area contributed by atoms with Gasteiger partial charge < -0.3 is 20.1 Å². The molecule has 8 nitrogen and oxygen atoms in total. The van der Waals surface area contributed by atoms with Crippen molar-refractivity contribution < 1.29 is 22.7 Å². The summed E-state index contributed by atoms with van der Waals surface area (Å²) in [5.41, 5.74) is 5.81. The van der Waals surface area contributed by atoms with Crippen LogP contribution in [0, 0.1) is 0 Å². The third-order valence-electron chi connectivity index (χ3n) is 4.76. The summed E-state index contributed by atoms with van der Waals surface area (Å²) in [5.74, 6) is 1.15. The first-order chi connectivity index (χ1) is 13.0. The summed E-state index contributed by atoms with van der Waals surface area (Å²) in [5, 5.41) is 0. The Balaban J connectivity index is 1.37. The minimum atomic E-state index is -3.59. The normalized spacial score (nSPS) is 19.3. The van der Waals surface area contributed by atoms with Crippen LogP contribution in [-0.4, -0.2) is 58.1 Å². The number of amides is 1. The highest BCUT2D eigenvalue weighted by atomic mass is 32.2. The van der Waals surface area contributed by atoms with Crippen molar-refractivity contribution in [3.63, 3.8) is 0 Å². The van der Waals surface area contributed by atoms with Crippen molar-refractivity contribution in [2.24, 2.45) is 5.73 Å². The van der Waals surface area contributed by atoms with Gasteiger partial charge in [-0.1, -0.05) is 6.42 Å². The summed E-state index contributed by atoms with van der Waals surface area (Å²) < 4.78 is 38.2. The molecule has 27 heavy (non-hydrogen) atoms. The smallest absolute Gasteiger partial charge is 0.240 e. The summed E-state index contributed by atoms with van der Waals surface area (Å²) in [4.78, 5) is 14.0. The summed E-state index contributed by atoms with van der Waals surface area (Å²) in [6.45, 7) is 2.60. The van der Waals surface area contributed by atoms with Crippen LogP contribution in [0.15, 0.2) is 23.1 Å². The molecule has 0 radical (unpaired) electrons. The third-order valence-corrected chi connectivity index (χ3v) is 6.22. The van der Waals surface area contributed by atoms with Gasteiger partial charge >= 0.3 is 0 Å². The van der Waals surface area contributed by atoms with Gasteiger partial charge in [-0.25, -0.2) is 13.1 Å². The Morgan fingerprint density at radius 2 is 1.96 bits per heavy atom. The summed E-state index contributed by atoms with van der Waals surface area (Å²) >= 11 is 0. The number of carbonyl (C=O) groups excluding carboxylic acids is 1. The van der Waals surface area contributed by atoms with E-state index in [1.54, 1.807) is 6.07 Å². The minimum absolute atomic E-state index is 0.101. The van der Waals surface area contributed by atoms with E-state index in [4.69, 9.17) is 15.2 Å². The van der Waals surface area contributed by atoms with Crippen molar-refractivity contribution in [3.8, 4) is 11.5 Å². The zero-order valence-corrected chi connectivity index (χ0v) is 16.2. The molecule has 0 spiro atoms. The average molecular weight is 397 g/mol. The Morgan fingerprint density at radius 1 is 1.19 bits per heavy atom. The fraction of sp³-hybridized carbons (Fsp3) is 0.611. The first-order valence-electron chi connectivity index (χ1n) is 9.38. The van der Waals surface area contributed by atoms with E-state index in [-0.39, 0.29) is 16.8 Å². The number of sulfonamides is 1. The van der Waals surface area contributed by atoms with Crippen LogP contribution in [0.5, 0.6) is 11.5 Å². The van der Waals surface area contributed by atoms with Gasteiger partial charge in [0, 0.05) is 38.2 Å². The lowest BCUT2D eigenvalue weighted by Gasteiger charge is -2.19. The van der Waals surface area contributed by atoms with Crippen LogP contribution >= 0.6 is 0 Å². The highest BCUT2D eigenvalue weighted by Gasteiger charge is 2.23. The van der Waals surface area contributed by atoms with Crippen LogP contribution in [0.1, 0.15) is 32.1 Å². The van der Waals surface area contributed by atoms with Crippen LogP contribution in [0.3, 0.4) is 0 Å². The maximum atomic E-state index is 12.4. The molecule has 1 aromatic rings. The molecular weight excluding hydrogens is 370 g/mol. The van der Waals surface area contributed by atoms with Crippen LogP contribution in [0.25, 0.3) is 0 Å². The highest BCUT2D eigenvalue weighted by Crippen LogP contribution is 2.32. The maximum Gasteiger partial charge on any atom is 0.240 e. The van der Waals surface area contributed by atoms with Gasteiger partial charge in [-0.2, -0.15) is 0 Å². The maximum absolute atomic E-state index is 12.4. The molecule has 150 valence electrons. The largest absolute Gasteiger partial charge is 0.486 e. The number of hydrogen-bond donors (Lipinski definition) is 2. The SMILES string of the molecule is N[C@@H]1CCN(C(=O)CCCCCNS(=O)(=O)c2ccc3c(c2)OCCO3)C1. The van der Waals surface area contributed by atoms with E-state index in [9.17, 15) is 13.2 Å². The molecule has 3 rings (SSSR count). The quantitative estimate of drug-likeness (QED) is 0.630. The number of rotatable bonds is 8. The van der Waals surface area contributed by atoms with Crippen molar-refractivity contribution in [2.45, 2.75) is 43.0 Å². The third kappa shape index (κ3) is 5.33. The van der Waals surface area contributed by atoms with E-state index in [1.165, 1.54) is 12.1 Å². The number of benzene rings is 1. The van der Waals surface area contributed by atoms with E-state index in [2.05, 4.69) is 4.72 Å². The zero-order valence-electron chi connectivity index (χ0n) is 15.4. The predicted octanol–water partition coefficient (Wildman–Crippen LogP) is 0.856. The average Bonchev–Trinajstić information content (AvgIpc) is 3.10. The second kappa shape index (κ2) is 8.90. The zero-order chi connectivity index (χ0) is 19.3. The monoisotopic (exact) mass is 397 g/mol. The standard InChI is InChI=1S/C18H27N3O5S/c19-14-7-9-21(13-14)18(22)4-2-1-3-8-20-27(23,24)15-5-6-16-17(12-15)26-11-10-25-16/h5-6,12,14,20H,1-4,7-11,13,19H2/t14-/m1/s1. The second-order valence-corrected chi connectivity index (χ2v) is 8.67. The van der Waals surface area contributed by atoms with E-state index >= 15 is 0 Å². The van der Waals surface area contributed by atoms with Gasteiger partial charge in [0.1, 0.15) is 13.2 Å². The fourth-order valence-corrected chi connectivity index (χ4v) is 4.32. The lowest BCUT2D eigenvalue weighted by atomic mass is 10.2. The predicted molar refractivity (Wildman–Crippen MR) is 100 cm³/mol. The van der Waals surface area contributed by atoms with Gasteiger partial charge in [0.25, 0.3) is 0 Å². The van der Waals surface area contributed by atoms with Gasteiger partial charge in [-0.05, 0) is 31.4 Å². The van der Waals surface area contributed by atoms with Crippen molar-refractivity contribution in [3.05, 3.63) is 18.2 Å². The number of fused-ring (bicyclic) bond motifs is 1. The first kappa shape index (κ1) is 19.9. The molecule has 3 N–H and O–H groups in total. The molecule has 0 saturated carbocycles. The molecule has 0 aliphatic carbocycles. The lowest BCUT2D eigenvalue weighted by molar-refractivity contribution is -0.130. The van der Waals surface area contributed by atoms with E-state index in [1.807, 2.05) is 4.90 Å². The molecule has 1 atom stereocenters. The molecule has 0 bridgehead atoms. The Bertz CT molecular complexity index is 768. The van der Waals surface area contributed by atoms with Gasteiger partial charge in [0.05, 0.1) is 4.90 Å². The molecule has 0 unspecified atom stereocenters. The number of hydrogen-bond acceptors (Lipinski definition) is 6. The van der Waals surface area contributed by atoms with Crippen LogP contribution in [-0.2, 0) is 14.8 Å². The molecule has 0 aromatic heterocycles. The number of nitrogens with zero attached hydrogens (tertiary/aromatic N) is 1. The van der Waals surface area contributed by atoms with Crippen LogP contribution in [0.4, 0.5) is 0 Å². The summed E-state index contributed by atoms with van der Waals surface area (Å²) in [6, 6.07) is 4.70. The van der Waals surface area contributed by atoms with Crippen LogP contribution < -0.4 is 19.9 Å². The number of nitrogens with one attached hydrogen (secondary N) is 1. The Labute approximate surface area is 160 Å². The molecule has 2 heterocycles. The molecule has 2 aliphatic heterocycles. The summed E-state index contributed by atoms with van der Waals surface area (Å²) in [6.07, 6.45) is 3.57. The number of nitrogens with two attached hydrogens (primary N) is 1. The molecule has 1 aromatic carbocycles. The van der Waals surface area contributed by atoms with Crippen molar-refractivity contribution in [2.75, 3.05) is 32.8 Å². The van der Waals surface area contributed by atoms with Crippen LogP contribution in [0.2, 0.25) is 0 Å². The number of likely N-dealkylation sites (tertiary alicyclic amines) is 1. The van der Waals surface area contributed by atoms with Gasteiger partial charge in [-0.3, -0.25) is 4.79 Å². The summed E-state index contributed by atoms with van der Waals surface area (Å²) in [7, 11) is -3.59. The Morgan fingerprint density at radius 3 is 2.70 bits per heavy atom. The van der Waals surface area contributed by atoms with Crippen molar-refractivity contribution >= 4 is 15.9 Å². The number of ether oxygens (including phenoxy) is 2. The minimum Gasteiger partial charge on any atom is -0.486 e. The second-order valence-electron chi connectivity index (χ2n) is 6.90. The van der Waals surface area contributed by atoms with Gasteiger partial charge in [0.2, 0.25) is 15.9 Å². The van der Waals surface area contributed by atoms with E-state index < -0.39 is 10.0 Å².